The van der Waals surface area contributed by atoms with Crippen molar-refractivity contribution in [3.8, 4) is 11.8 Å². The molecule has 2 rings (SSSR count). The summed E-state index contributed by atoms with van der Waals surface area (Å²) < 4.78 is 5.26. The second-order valence-corrected chi connectivity index (χ2v) is 4.50. The molecule has 1 heterocycles. The zero-order valence-corrected chi connectivity index (χ0v) is 11.3. The number of hydrogen-bond acceptors (Lipinski definition) is 5. The molecule has 0 spiro atoms. The van der Waals surface area contributed by atoms with Crippen LogP contribution in [0.1, 0.15) is 0 Å². The van der Waals surface area contributed by atoms with Crippen molar-refractivity contribution in [2.45, 2.75) is 0 Å². The number of rotatable bonds is 3. The first-order chi connectivity index (χ1) is 8.97. The van der Waals surface area contributed by atoms with Crippen LogP contribution in [0.3, 0.4) is 0 Å². The highest BCUT2D eigenvalue weighted by molar-refractivity contribution is 6.43. The summed E-state index contributed by atoms with van der Waals surface area (Å²) in [5, 5.41) is 11.2. The minimum atomic E-state index is -0.615. The van der Waals surface area contributed by atoms with Crippen molar-refractivity contribution in [1.82, 2.24) is 9.97 Å². The van der Waals surface area contributed by atoms with Gasteiger partial charge in [0.25, 0.3) is 0 Å². The van der Waals surface area contributed by atoms with E-state index in [0.717, 1.165) is 12.4 Å². The summed E-state index contributed by atoms with van der Waals surface area (Å²) in [4.78, 5) is 17.2. The normalized spacial score (nSPS) is 10.3. The van der Waals surface area contributed by atoms with Crippen LogP contribution in [0.2, 0.25) is 15.1 Å². The Kier molecular flexibility index (Phi) is 4.04. The van der Waals surface area contributed by atoms with E-state index in [0.29, 0.717) is 0 Å². The quantitative estimate of drug-likeness (QED) is 0.482. The molecule has 0 unspecified atom stereocenters. The monoisotopic (exact) mass is 319 g/mol. The lowest BCUT2D eigenvalue weighted by atomic mass is 10.3. The summed E-state index contributed by atoms with van der Waals surface area (Å²) in [5.41, 5.74) is -0.243. The van der Waals surface area contributed by atoms with Gasteiger partial charge in [-0.1, -0.05) is 34.8 Å². The minimum Gasteiger partial charge on any atom is -0.423 e. The van der Waals surface area contributed by atoms with Gasteiger partial charge in [0, 0.05) is 6.07 Å². The number of benzene rings is 1. The molecule has 1 aromatic carbocycles. The number of ether oxygens (including phenoxy) is 1. The van der Waals surface area contributed by atoms with Crippen LogP contribution in [-0.4, -0.2) is 14.9 Å². The van der Waals surface area contributed by atoms with Gasteiger partial charge in [-0.25, -0.2) is 0 Å². The Morgan fingerprint density at radius 2 is 1.63 bits per heavy atom. The predicted molar refractivity (Wildman–Crippen MR) is 70.2 cm³/mol. The van der Waals surface area contributed by atoms with Gasteiger partial charge >= 0.3 is 11.7 Å². The summed E-state index contributed by atoms with van der Waals surface area (Å²) in [5.74, 6) is 0.199. The summed E-state index contributed by atoms with van der Waals surface area (Å²) in [7, 11) is 0. The molecule has 1 aromatic heterocycles. The Hall–Kier alpha value is -1.63. The first kappa shape index (κ1) is 13.8. The van der Waals surface area contributed by atoms with E-state index in [2.05, 4.69) is 9.97 Å². The number of halogens is 3. The van der Waals surface area contributed by atoms with Gasteiger partial charge in [-0.05, 0) is 6.07 Å². The van der Waals surface area contributed by atoms with Gasteiger partial charge in [0.15, 0.2) is 5.75 Å². The van der Waals surface area contributed by atoms with E-state index in [1.54, 1.807) is 0 Å². The molecule has 0 N–H and O–H groups in total. The maximum absolute atomic E-state index is 10.4. The second kappa shape index (κ2) is 5.56. The van der Waals surface area contributed by atoms with Gasteiger partial charge in [0.1, 0.15) is 12.4 Å². The Morgan fingerprint density at radius 3 is 2.21 bits per heavy atom. The average Bonchev–Trinajstić information content (AvgIpc) is 2.36. The van der Waals surface area contributed by atoms with Crippen LogP contribution in [0.4, 0.5) is 5.69 Å². The third kappa shape index (κ3) is 3.23. The number of aromatic nitrogens is 2. The predicted octanol–water partition coefficient (Wildman–Crippen LogP) is 4.14. The molecule has 6 nitrogen and oxygen atoms in total. The summed E-state index contributed by atoms with van der Waals surface area (Å²) in [6.45, 7) is 0. The van der Waals surface area contributed by atoms with Gasteiger partial charge in [-0.2, -0.15) is 9.97 Å². The molecule has 9 heteroatoms. The van der Waals surface area contributed by atoms with Crippen molar-refractivity contribution in [2.24, 2.45) is 0 Å². The lowest BCUT2D eigenvalue weighted by Crippen LogP contribution is -1.95. The summed E-state index contributed by atoms with van der Waals surface area (Å²) in [6.07, 6.45) is 2.04. The topological polar surface area (TPSA) is 78.2 Å². The molecule has 0 aliphatic heterocycles. The fraction of sp³-hybridized carbons (Fsp3) is 0. The highest BCUT2D eigenvalue weighted by atomic mass is 35.5. The maximum atomic E-state index is 10.4. The van der Waals surface area contributed by atoms with Gasteiger partial charge in [0.05, 0.1) is 20.0 Å². The van der Waals surface area contributed by atoms with Crippen molar-refractivity contribution in [3.05, 3.63) is 49.7 Å². The summed E-state index contributed by atoms with van der Waals surface area (Å²) >= 11 is 17.5. The fourth-order valence-electron chi connectivity index (χ4n) is 1.14. The van der Waals surface area contributed by atoms with Crippen LogP contribution in [0.25, 0.3) is 0 Å². The maximum Gasteiger partial charge on any atom is 0.322 e. The lowest BCUT2D eigenvalue weighted by molar-refractivity contribution is -0.385. The van der Waals surface area contributed by atoms with E-state index in [1.165, 1.54) is 12.1 Å². The molecule has 0 saturated heterocycles. The Morgan fingerprint density at radius 1 is 1.05 bits per heavy atom. The van der Waals surface area contributed by atoms with Gasteiger partial charge < -0.3 is 4.74 Å². The minimum absolute atomic E-state index is 0.0918. The zero-order valence-electron chi connectivity index (χ0n) is 9.01. The standard InChI is InChI=1S/C10H4Cl3N3O3/c11-6-1-8(13)9(2-7(6)12)19-10-14-3-5(4-15-10)16(17)18/h1-4H. The number of hydrogen-bond donors (Lipinski definition) is 0. The van der Waals surface area contributed by atoms with Crippen molar-refractivity contribution < 1.29 is 9.66 Å². The lowest BCUT2D eigenvalue weighted by Gasteiger charge is -2.06. The van der Waals surface area contributed by atoms with Crippen LogP contribution < -0.4 is 4.74 Å². The first-order valence-corrected chi connectivity index (χ1v) is 5.89. The molecular weight excluding hydrogens is 316 g/mol. The van der Waals surface area contributed by atoms with Gasteiger partial charge in [0.2, 0.25) is 0 Å². The van der Waals surface area contributed by atoms with Crippen LogP contribution in [0.5, 0.6) is 11.8 Å². The van der Waals surface area contributed by atoms with E-state index < -0.39 is 4.92 Å². The molecule has 0 amide bonds. The van der Waals surface area contributed by atoms with Crippen molar-refractivity contribution >= 4 is 40.5 Å². The average molecular weight is 321 g/mol. The molecule has 0 aliphatic carbocycles. The second-order valence-electron chi connectivity index (χ2n) is 3.28. The van der Waals surface area contributed by atoms with Crippen LogP contribution >= 0.6 is 34.8 Å². The molecular formula is C10H4Cl3N3O3. The van der Waals surface area contributed by atoms with E-state index in [4.69, 9.17) is 39.5 Å². The first-order valence-electron chi connectivity index (χ1n) is 4.76. The number of nitrogens with zero attached hydrogens (tertiary/aromatic N) is 3. The van der Waals surface area contributed by atoms with E-state index in [9.17, 15) is 10.1 Å². The summed E-state index contributed by atoms with van der Waals surface area (Å²) in [6, 6.07) is 2.72. The highest BCUT2D eigenvalue weighted by Crippen LogP contribution is 2.35. The third-order valence-corrected chi connectivity index (χ3v) is 3.02. The smallest absolute Gasteiger partial charge is 0.322 e. The largest absolute Gasteiger partial charge is 0.423 e. The molecule has 0 atom stereocenters. The molecule has 0 fully saturated rings. The van der Waals surface area contributed by atoms with Crippen molar-refractivity contribution in [3.63, 3.8) is 0 Å². The molecule has 98 valence electrons. The SMILES string of the molecule is O=[N+]([O-])c1cnc(Oc2cc(Cl)c(Cl)cc2Cl)nc1. The zero-order chi connectivity index (χ0) is 14.0. The van der Waals surface area contributed by atoms with E-state index >= 15 is 0 Å². The molecule has 0 radical (unpaired) electrons. The van der Waals surface area contributed by atoms with Crippen molar-refractivity contribution in [2.75, 3.05) is 0 Å². The number of nitro groups is 1. The Balaban J connectivity index is 2.26. The third-order valence-electron chi connectivity index (χ3n) is 2.00. The van der Waals surface area contributed by atoms with Crippen LogP contribution in [0, 0.1) is 10.1 Å². The van der Waals surface area contributed by atoms with Crippen molar-refractivity contribution in [1.29, 1.82) is 0 Å². The van der Waals surface area contributed by atoms with Crippen LogP contribution in [-0.2, 0) is 0 Å². The fourth-order valence-corrected chi connectivity index (χ4v) is 1.71. The van der Waals surface area contributed by atoms with E-state index in [-0.39, 0.29) is 32.5 Å². The van der Waals surface area contributed by atoms with Gasteiger partial charge in [-0.15, -0.1) is 0 Å². The van der Waals surface area contributed by atoms with Gasteiger partial charge in [-0.3, -0.25) is 10.1 Å². The Bertz CT molecular complexity index is 634. The van der Waals surface area contributed by atoms with E-state index in [1.807, 2.05) is 0 Å². The molecule has 0 aliphatic rings. The molecule has 2 aromatic rings. The van der Waals surface area contributed by atoms with Crippen LogP contribution in [0.15, 0.2) is 24.5 Å². The molecule has 0 bridgehead atoms. The highest BCUT2D eigenvalue weighted by Gasteiger charge is 2.11. The molecule has 0 saturated carbocycles. The molecule has 19 heavy (non-hydrogen) atoms. The Labute approximate surface area is 122 Å².